The van der Waals surface area contributed by atoms with Crippen LogP contribution in [0, 0.1) is 0 Å². The highest BCUT2D eigenvalue weighted by Crippen LogP contribution is 2.28. The zero-order valence-corrected chi connectivity index (χ0v) is 12.9. The van der Waals surface area contributed by atoms with E-state index in [0.29, 0.717) is 5.15 Å². The van der Waals surface area contributed by atoms with Crippen molar-refractivity contribution in [3.8, 4) is 0 Å². The zero-order valence-electron chi connectivity index (χ0n) is 11.3. The summed E-state index contributed by atoms with van der Waals surface area (Å²) in [6.45, 7) is 2.06. The lowest BCUT2D eigenvalue weighted by atomic mass is 10.1. The van der Waals surface area contributed by atoms with Crippen LogP contribution in [0.2, 0.25) is 10.2 Å². The van der Waals surface area contributed by atoms with E-state index in [9.17, 15) is 0 Å². The molecule has 0 aliphatic carbocycles. The molecule has 1 unspecified atom stereocenters. The number of fused-ring (bicyclic) bond motifs is 1. The van der Waals surface area contributed by atoms with Gasteiger partial charge in [0.1, 0.15) is 0 Å². The lowest BCUT2D eigenvalue weighted by Gasteiger charge is -2.16. The first-order valence-electron chi connectivity index (χ1n) is 6.58. The predicted molar refractivity (Wildman–Crippen MR) is 88.0 cm³/mol. The van der Waals surface area contributed by atoms with Crippen molar-refractivity contribution < 1.29 is 0 Å². The van der Waals surface area contributed by atoms with Crippen LogP contribution in [-0.2, 0) is 0 Å². The number of aromatic nitrogens is 2. The fourth-order valence-electron chi connectivity index (χ4n) is 2.22. The predicted octanol–water partition coefficient (Wildman–Crippen LogP) is 5.11. The van der Waals surface area contributed by atoms with Gasteiger partial charge in [0, 0.05) is 15.8 Å². The fraction of sp³-hybridized carbons (Fsp3) is 0.125. The van der Waals surface area contributed by atoms with Crippen LogP contribution >= 0.6 is 23.2 Å². The number of halogens is 2. The zero-order chi connectivity index (χ0) is 14.8. The van der Waals surface area contributed by atoms with Gasteiger partial charge >= 0.3 is 0 Å². The van der Waals surface area contributed by atoms with Crippen molar-refractivity contribution in [1.29, 1.82) is 0 Å². The van der Waals surface area contributed by atoms with Gasteiger partial charge in [-0.05, 0) is 24.6 Å². The summed E-state index contributed by atoms with van der Waals surface area (Å²) in [7, 11) is 0. The molecular weight excluding hydrogens is 305 g/mol. The topological polar surface area (TPSA) is 37.8 Å². The minimum absolute atomic E-state index is 0.0844. The molecule has 5 heteroatoms. The molecule has 1 aromatic heterocycles. The van der Waals surface area contributed by atoms with Gasteiger partial charge < -0.3 is 5.32 Å². The van der Waals surface area contributed by atoms with E-state index in [1.807, 2.05) is 48.5 Å². The molecule has 0 amide bonds. The standard InChI is InChI=1S/C16H13Cl2N3/c1-10(11-6-8-12(17)9-7-11)19-16-14-5-3-2-4-13(14)15(18)20-21-16/h2-10H,1H3,(H,19,21). The van der Waals surface area contributed by atoms with Crippen LogP contribution in [0.5, 0.6) is 0 Å². The molecule has 0 saturated carbocycles. The van der Waals surface area contributed by atoms with Crippen molar-refractivity contribution >= 4 is 39.8 Å². The van der Waals surface area contributed by atoms with Gasteiger partial charge in [0.05, 0.1) is 6.04 Å². The highest BCUT2D eigenvalue weighted by Gasteiger charge is 2.11. The SMILES string of the molecule is CC(Nc1nnc(Cl)c2ccccc12)c1ccc(Cl)cc1. The molecule has 0 bridgehead atoms. The number of anilines is 1. The molecule has 1 N–H and O–H groups in total. The minimum Gasteiger partial charge on any atom is -0.362 e. The maximum Gasteiger partial charge on any atom is 0.159 e. The molecule has 3 nitrogen and oxygen atoms in total. The van der Waals surface area contributed by atoms with E-state index in [-0.39, 0.29) is 6.04 Å². The lowest BCUT2D eigenvalue weighted by molar-refractivity contribution is 0.865. The summed E-state index contributed by atoms with van der Waals surface area (Å²) < 4.78 is 0. The Bertz CT molecular complexity index is 772. The van der Waals surface area contributed by atoms with Crippen molar-refractivity contribution in [2.45, 2.75) is 13.0 Å². The van der Waals surface area contributed by atoms with Crippen LogP contribution < -0.4 is 5.32 Å². The van der Waals surface area contributed by atoms with Gasteiger partial charge in [-0.15, -0.1) is 10.2 Å². The third-order valence-corrected chi connectivity index (χ3v) is 3.90. The van der Waals surface area contributed by atoms with Gasteiger partial charge in [-0.25, -0.2) is 0 Å². The largest absolute Gasteiger partial charge is 0.362 e. The van der Waals surface area contributed by atoms with Gasteiger partial charge in [0.25, 0.3) is 0 Å². The molecule has 2 aromatic carbocycles. The van der Waals surface area contributed by atoms with E-state index in [2.05, 4.69) is 22.4 Å². The Morgan fingerprint density at radius 1 is 0.905 bits per heavy atom. The summed E-state index contributed by atoms with van der Waals surface area (Å²) in [4.78, 5) is 0. The molecule has 1 atom stereocenters. The number of rotatable bonds is 3. The molecule has 1 heterocycles. The van der Waals surface area contributed by atoms with Gasteiger partial charge in [0.2, 0.25) is 0 Å². The molecule has 106 valence electrons. The van der Waals surface area contributed by atoms with E-state index in [1.165, 1.54) is 0 Å². The Morgan fingerprint density at radius 3 is 2.29 bits per heavy atom. The molecular formula is C16H13Cl2N3. The molecule has 3 rings (SSSR count). The van der Waals surface area contributed by atoms with Crippen molar-refractivity contribution in [3.05, 3.63) is 64.3 Å². The molecule has 0 radical (unpaired) electrons. The van der Waals surface area contributed by atoms with Crippen LogP contribution in [-0.4, -0.2) is 10.2 Å². The molecule has 0 saturated heterocycles. The van der Waals surface area contributed by atoms with Gasteiger partial charge in [-0.2, -0.15) is 0 Å². The lowest BCUT2D eigenvalue weighted by Crippen LogP contribution is -2.09. The first kappa shape index (κ1) is 14.1. The van der Waals surface area contributed by atoms with E-state index in [4.69, 9.17) is 23.2 Å². The van der Waals surface area contributed by atoms with E-state index in [0.717, 1.165) is 27.2 Å². The quantitative estimate of drug-likeness (QED) is 0.729. The van der Waals surface area contributed by atoms with E-state index in [1.54, 1.807) is 0 Å². The summed E-state index contributed by atoms with van der Waals surface area (Å²) in [5.41, 5.74) is 1.13. The number of nitrogens with one attached hydrogen (secondary N) is 1. The van der Waals surface area contributed by atoms with Crippen molar-refractivity contribution in [2.24, 2.45) is 0 Å². The van der Waals surface area contributed by atoms with Crippen molar-refractivity contribution in [2.75, 3.05) is 5.32 Å². The number of hydrogen-bond acceptors (Lipinski definition) is 3. The van der Waals surface area contributed by atoms with E-state index >= 15 is 0 Å². The average molecular weight is 318 g/mol. The molecule has 0 fully saturated rings. The van der Waals surface area contributed by atoms with Crippen LogP contribution in [0.1, 0.15) is 18.5 Å². The summed E-state index contributed by atoms with van der Waals surface area (Å²) in [5, 5.41) is 14.5. The van der Waals surface area contributed by atoms with Crippen LogP contribution in [0.3, 0.4) is 0 Å². The first-order valence-corrected chi connectivity index (χ1v) is 7.33. The van der Waals surface area contributed by atoms with Crippen LogP contribution in [0.25, 0.3) is 10.8 Å². The van der Waals surface area contributed by atoms with Crippen LogP contribution in [0.15, 0.2) is 48.5 Å². The van der Waals surface area contributed by atoms with E-state index < -0.39 is 0 Å². The summed E-state index contributed by atoms with van der Waals surface area (Å²) in [6, 6.07) is 15.6. The first-order chi connectivity index (χ1) is 10.1. The molecule has 21 heavy (non-hydrogen) atoms. The maximum absolute atomic E-state index is 6.08. The highest BCUT2D eigenvalue weighted by atomic mass is 35.5. The molecule has 3 aromatic rings. The Kier molecular flexibility index (Phi) is 3.95. The summed E-state index contributed by atoms with van der Waals surface area (Å²) in [6.07, 6.45) is 0. The number of benzene rings is 2. The Hall–Kier alpha value is -1.84. The van der Waals surface area contributed by atoms with Gasteiger partial charge in [-0.3, -0.25) is 0 Å². The second kappa shape index (κ2) is 5.88. The monoisotopic (exact) mass is 317 g/mol. The van der Waals surface area contributed by atoms with Crippen molar-refractivity contribution in [1.82, 2.24) is 10.2 Å². The normalized spacial score (nSPS) is 12.3. The number of hydrogen-bond donors (Lipinski definition) is 1. The summed E-state index contributed by atoms with van der Waals surface area (Å²) >= 11 is 12.0. The Morgan fingerprint density at radius 2 is 1.57 bits per heavy atom. The maximum atomic E-state index is 6.08. The molecule has 0 aliphatic rings. The highest BCUT2D eigenvalue weighted by molar-refractivity contribution is 6.34. The minimum atomic E-state index is 0.0844. The van der Waals surface area contributed by atoms with Crippen LogP contribution in [0.4, 0.5) is 5.82 Å². The second-order valence-corrected chi connectivity index (χ2v) is 5.60. The van der Waals surface area contributed by atoms with Gasteiger partial charge in [-0.1, -0.05) is 59.6 Å². The average Bonchev–Trinajstić information content (AvgIpc) is 2.51. The Labute approximate surface area is 132 Å². The third-order valence-electron chi connectivity index (χ3n) is 3.37. The second-order valence-electron chi connectivity index (χ2n) is 4.80. The van der Waals surface area contributed by atoms with Gasteiger partial charge in [0.15, 0.2) is 11.0 Å². The Balaban J connectivity index is 1.95. The van der Waals surface area contributed by atoms with Crippen molar-refractivity contribution in [3.63, 3.8) is 0 Å². The molecule has 0 spiro atoms. The molecule has 0 aliphatic heterocycles. The fourth-order valence-corrected chi connectivity index (χ4v) is 2.55. The third kappa shape index (κ3) is 2.94. The number of nitrogens with zero attached hydrogens (tertiary/aromatic N) is 2. The smallest absolute Gasteiger partial charge is 0.159 e. The summed E-state index contributed by atoms with van der Waals surface area (Å²) in [5.74, 6) is 0.720.